The highest BCUT2D eigenvalue weighted by atomic mass is 32.1. The molecule has 2 aliphatic heterocycles. The maximum atomic E-state index is 13.8. The lowest BCUT2D eigenvalue weighted by molar-refractivity contribution is -0.137. The van der Waals surface area contributed by atoms with Crippen molar-refractivity contribution in [1.29, 1.82) is 0 Å². The van der Waals surface area contributed by atoms with Crippen LogP contribution in [0.25, 0.3) is 16.3 Å². The van der Waals surface area contributed by atoms with E-state index in [-0.39, 0.29) is 23.7 Å². The van der Waals surface area contributed by atoms with Crippen LogP contribution >= 0.6 is 11.3 Å². The molecular formula is C31H34F3N9O3S. The van der Waals surface area contributed by atoms with Crippen molar-refractivity contribution in [2.75, 3.05) is 81.6 Å². The Bertz CT molecular complexity index is 1750. The van der Waals surface area contributed by atoms with Gasteiger partial charge in [-0.1, -0.05) is 22.6 Å². The Morgan fingerprint density at radius 1 is 1.00 bits per heavy atom. The summed E-state index contributed by atoms with van der Waals surface area (Å²) in [5.74, 6) is -0.724. The van der Waals surface area contributed by atoms with Crippen LogP contribution in [0.15, 0.2) is 48.8 Å². The zero-order chi connectivity index (χ0) is 33.1. The number of benzene rings is 2. The smallest absolute Gasteiger partial charge is 0.379 e. The van der Waals surface area contributed by atoms with Crippen molar-refractivity contribution in [3.05, 3.63) is 65.5 Å². The molecule has 2 aromatic heterocycles. The number of nitrogens with one attached hydrogen (secondary N) is 2. The predicted octanol–water partition coefficient (Wildman–Crippen LogP) is 3.99. The summed E-state index contributed by atoms with van der Waals surface area (Å²) in [5.41, 5.74) is 1.77. The van der Waals surface area contributed by atoms with Crippen molar-refractivity contribution >= 4 is 39.7 Å². The molecule has 0 atom stereocenters. The summed E-state index contributed by atoms with van der Waals surface area (Å²) in [6, 6.07) is 8.61. The molecule has 6 rings (SSSR count). The quantitative estimate of drug-likeness (QED) is 0.287. The molecule has 2 saturated heterocycles. The summed E-state index contributed by atoms with van der Waals surface area (Å²) in [6.07, 6.45) is -1.28. The van der Waals surface area contributed by atoms with Crippen LogP contribution in [0.5, 0.6) is 0 Å². The van der Waals surface area contributed by atoms with E-state index in [4.69, 9.17) is 4.74 Å². The maximum absolute atomic E-state index is 13.8. The number of alkyl halides is 3. The molecule has 12 nitrogen and oxygen atoms in total. The summed E-state index contributed by atoms with van der Waals surface area (Å²) < 4.78 is 48.3. The van der Waals surface area contributed by atoms with Gasteiger partial charge >= 0.3 is 6.18 Å². The summed E-state index contributed by atoms with van der Waals surface area (Å²) in [7, 11) is 1.97. The van der Waals surface area contributed by atoms with Gasteiger partial charge in [0.25, 0.3) is 5.91 Å². The van der Waals surface area contributed by atoms with Crippen LogP contribution in [-0.4, -0.2) is 108 Å². The standard InChI is InChI=1S/C31H34F3N9O3S/c1-20-3-4-21(29(45)36-23-14-22(31(32,33)34)15-24(16-23)42-7-5-40(2)6-8-42)13-26(20)43-18-25(38-39-43)27-17-35-30(47-27)37-28(44)19-41-9-11-46-12-10-41/h3-4,13-18H,5-12,19H2,1-2H3,(H,36,45)(H,35,37,44). The van der Waals surface area contributed by atoms with Crippen LogP contribution in [0.2, 0.25) is 0 Å². The van der Waals surface area contributed by atoms with Crippen LogP contribution in [0.1, 0.15) is 21.5 Å². The third-order valence-electron chi connectivity index (χ3n) is 8.06. The van der Waals surface area contributed by atoms with Crippen molar-refractivity contribution in [3.63, 3.8) is 0 Å². The average Bonchev–Trinajstić information content (AvgIpc) is 3.72. The lowest BCUT2D eigenvalue weighted by Gasteiger charge is -2.34. The van der Waals surface area contributed by atoms with Gasteiger partial charge in [-0.25, -0.2) is 9.67 Å². The Hall–Kier alpha value is -4.38. The molecule has 2 aliphatic rings. The third-order valence-corrected chi connectivity index (χ3v) is 8.99. The number of ether oxygens (including phenoxy) is 1. The Morgan fingerprint density at radius 2 is 1.77 bits per heavy atom. The minimum atomic E-state index is -4.57. The molecule has 16 heteroatoms. The van der Waals surface area contributed by atoms with E-state index in [0.717, 1.165) is 30.8 Å². The molecule has 4 aromatic rings. The summed E-state index contributed by atoms with van der Waals surface area (Å²) in [6.45, 7) is 7.32. The number of aromatic nitrogens is 4. The molecule has 2 N–H and O–H groups in total. The number of likely N-dealkylation sites (N-methyl/N-ethyl adjacent to an activating group) is 1. The number of piperazine rings is 1. The van der Waals surface area contributed by atoms with E-state index in [9.17, 15) is 22.8 Å². The number of halogens is 3. The Balaban J connectivity index is 1.16. The topological polar surface area (TPSA) is 121 Å². The van der Waals surface area contributed by atoms with Crippen molar-refractivity contribution in [2.45, 2.75) is 13.1 Å². The molecular weight excluding hydrogens is 635 g/mol. The first-order chi connectivity index (χ1) is 22.5. The van der Waals surface area contributed by atoms with Crippen LogP contribution in [0.4, 0.5) is 29.7 Å². The molecule has 0 radical (unpaired) electrons. The lowest BCUT2D eigenvalue weighted by atomic mass is 10.1. The summed E-state index contributed by atoms with van der Waals surface area (Å²) >= 11 is 1.26. The van der Waals surface area contributed by atoms with Gasteiger partial charge in [-0.15, -0.1) is 5.10 Å². The second-order valence-electron chi connectivity index (χ2n) is 11.5. The Labute approximate surface area is 273 Å². The number of aryl methyl sites for hydroxylation is 1. The average molecular weight is 670 g/mol. The van der Waals surface area contributed by atoms with Crippen LogP contribution in [0.3, 0.4) is 0 Å². The van der Waals surface area contributed by atoms with Crippen molar-refractivity contribution < 1.29 is 27.5 Å². The molecule has 4 heterocycles. The normalized spacial score (nSPS) is 16.3. The van der Waals surface area contributed by atoms with Crippen LogP contribution in [0, 0.1) is 6.92 Å². The zero-order valence-electron chi connectivity index (χ0n) is 25.9. The summed E-state index contributed by atoms with van der Waals surface area (Å²) in [5, 5.41) is 14.4. The fraction of sp³-hybridized carbons (Fsp3) is 0.387. The molecule has 0 aliphatic carbocycles. The first-order valence-corrected chi connectivity index (χ1v) is 15.9. The van der Waals surface area contributed by atoms with Gasteiger partial charge in [0, 0.05) is 62.4 Å². The van der Waals surface area contributed by atoms with E-state index in [1.165, 1.54) is 16.0 Å². The number of hydrogen-bond donors (Lipinski definition) is 2. The number of anilines is 3. The molecule has 0 saturated carbocycles. The third kappa shape index (κ3) is 7.96. The van der Waals surface area contributed by atoms with E-state index in [0.29, 0.717) is 66.5 Å². The second-order valence-corrected chi connectivity index (χ2v) is 12.6. The van der Waals surface area contributed by atoms with E-state index < -0.39 is 17.6 Å². The maximum Gasteiger partial charge on any atom is 0.416 e. The Morgan fingerprint density at radius 3 is 2.51 bits per heavy atom. The van der Waals surface area contributed by atoms with E-state index >= 15 is 0 Å². The molecule has 2 amide bonds. The Kier molecular flexibility index (Phi) is 9.54. The SMILES string of the molecule is Cc1ccc(C(=O)Nc2cc(N3CCN(C)CC3)cc(C(F)(F)F)c2)cc1-n1cc(-c2cnc(NC(=O)CN3CCOCC3)s2)nn1. The number of thiazole rings is 1. The fourth-order valence-electron chi connectivity index (χ4n) is 5.36. The highest BCUT2D eigenvalue weighted by Crippen LogP contribution is 2.35. The van der Waals surface area contributed by atoms with Gasteiger partial charge in [0.15, 0.2) is 5.13 Å². The minimum Gasteiger partial charge on any atom is -0.379 e. The van der Waals surface area contributed by atoms with Gasteiger partial charge in [-0.2, -0.15) is 13.2 Å². The molecule has 2 aromatic carbocycles. The number of morpholine rings is 1. The van der Waals surface area contributed by atoms with Gasteiger partial charge in [-0.3, -0.25) is 14.5 Å². The number of carbonyl (C=O) groups excluding carboxylic acids is 2. The first-order valence-electron chi connectivity index (χ1n) is 15.1. The van der Waals surface area contributed by atoms with E-state index in [1.807, 2.05) is 23.8 Å². The molecule has 248 valence electrons. The van der Waals surface area contributed by atoms with Gasteiger partial charge in [0.1, 0.15) is 5.69 Å². The van der Waals surface area contributed by atoms with Crippen LogP contribution in [-0.2, 0) is 15.7 Å². The van der Waals surface area contributed by atoms with Crippen molar-refractivity contribution in [3.8, 4) is 16.3 Å². The predicted molar refractivity (Wildman–Crippen MR) is 172 cm³/mol. The number of rotatable bonds is 8. The molecule has 2 fully saturated rings. The summed E-state index contributed by atoms with van der Waals surface area (Å²) in [4.78, 5) is 36.8. The fourth-order valence-corrected chi connectivity index (χ4v) is 6.14. The highest BCUT2D eigenvalue weighted by molar-refractivity contribution is 7.19. The monoisotopic (exact) mass is 669 g/mol. The highest BCUT2D eigenvalue weighted by Gasteiger charge is 2.32. The molecule has 0 unspecified atom stereocenters. The molecule has 0 spiro atoms. The second kappa shape index (κ2) is 13.8. The van der Waals surface area contributed by atoms with Gasteiger partial charge in [-0.05, 0) is 49.9 Å². The van der Waals surface area contributed by atoms with E-state index in [2.05, 4.69) is 30.8 Å². The number of nitrogens with zero attached hydrogens (tertiary/aromatic N) is 7. The van der Waals surface area contributed by atoms with Gasteiger partial charge in [0.2, 0.25) is 5.91 Å². The minimum absolute atomic E-state index is 0.0574. The lowest BCUT2D eigenvalue weighted by Crippen LogP contribution is -2.44. The number of amides is 2. The molecule has 0 bridgehead atoms. The van der Waals surface area contributed by atoms with Crippen molar-refractivity contribution in [2.24, 2.45) is 0 Å². The van der Waals surface area contributed by atoms with Crippen molar-refractivity contribution in [1.82, 2.24) is 29.8 Å². The van der Waals surface area contributed by atoms with E-state index in [1.54, 1.807) is 36.7 Å². The first kappa shape index (κ1) is 32.6. The number of hydrogen-bond acceptors (Lipinski definition) is 10. The van der Waals surface area contributed by atoms with Crippen LogP contribution < -0.4 is 15.5 Å². The molecule has 47 heavy (non-hydrogen) atoms. The largest absolute Gasteiger partial charge is 0.416 e. The van der Waals surface area contributed by atoms with Gasteiger partial charge < -0.3 is 25.2 Å². The number of carbonyl (C=O) groups is 2. The zero-order valence-corrected chi connectivity index (χ0v) is 26.7. The van der Waals surface area contributed by atoms with Gasteiger partial charge in [0.05, 0.1) is 42.1 Å².